The van der Waals surface area contributed by atoms with E-state index in [0.717, 1.165) is 28.1 Å². The lowest BCUT2D eigenvalue weighted by Crippen LogP contribution is -2.48. The van der Waals surface area contributed by atoms with Crippen LogP contribution in [0.3, 0.4) is 0 Å². The van der Waals surface area contributed by atoms with Crippen molar-refractivity contribution in [2.45, 2.75) is 31.1 Å². The van der Waals surface area contributed by atoms with Crippen LogP contribution in [0.1, 0.15) is 12.5 Å². The minimum absolute atomic E-state index is 0.0537. The van der Waals surface area contributed by atoms with Crippen LogP contribution in [0.4, 0.5) is 5.69 Å². The molecule has 0 radical (unpaired) electrons. The summed E-state index contributed by atoms with van der Waals surface area (Å²) in [6, 6.07) is 17.6. The third-order valence-electron chi connectivity index (χ3n) is 5.95. The molecule has 3 unspecified atom stereocenters. The molecule has 0 aliphatic carbocycles. The van der Waals surface area contributed by atoms with Gasteiger partial charge in [-0.15, -0.1) is 0 Å². The first kappa shape index (κ1) is 22.6. The fraction of sp³-hybridized carbons (Fsp3) is 0.308. The summed E-state index contributed by atoms with van der Waals surface area (Å²) in [5, 5.41) is 3.61. The average Bonchev–Trinajstić information content (AvgIpc) is 3.41. The molecule has 2 heterocycles. The first-order chi connectivity index (χ1) is 16.2. The first-order valence-corrected chi connectivity index (χ1v) is 10.9. The highest BCUT2D eigenvalue weighted by atomic mass is 16.5. The zero-order chi connectivity index (χ0) is 23.1. The molecule has 2 bridgehead atoms. The Balaban J connectivity index is 1.69. The second-order valence-corrected chi connectivity index (χ2v) is 7.85. The van der Waals surface area contributed by atoms with Crippen molar-refractivity contribution >= 4 is 18.6 Å². The maximum atomic E-state index is 11.0. The van der Waals surface area contributed by atoms with Crippen molar-refractivity contribution in [3.63, 3.8) is 0 Å². The van der Waals surface area contributed by atoms with Crippen molar-refractivity contribution < 1.29 is 28.5 Å². The Bertz CT molecular complexity index is 1020. The van der Waals surface area contributed by atoms with Gasteiger partial charge in [0.1, 0.15) is 30.7 Å². The number of rotatable bonds is 13. The van der Waals surface area contributed by atoms with Crippen molar-refractivity contribution in [3.05, 3.63) is 83.5 Å². The molecule has 0 saturated heterocycles. The van der Waals surface area contributed by atoms with E-state index in [9.17, 15) is 9.59 Å². The zero-order valence-corrected chi connectivity index (χ0v) is 18.4. The van der Waals surface area contributed by atoms with Crippen molar-refractivity contribution in [3.8, 4) is 5.75 Å². The van der Waals surface area contributed by atoms with Crippen molar-refractivity contribution in [2.24, 2.45) is 0 Å². The SMILES string of the molecule is CCOc1ccc(CC(Nc2ccccc2)C23C=CC(O2)C(COC=O)=C3COC=O)cc1. The van der Waals surface area contributed by atoms with E-state index in [1.807, 2.05) is 73.7 Å². The second kappa shape index (κ2) is 10.4. The number of fused-ring (bicyclic) bond motifs is 2. The smallest absolute Gasteiger partial charge is 0.293 e. The van der Waals surface area contributed by atoms with Gasteiger partial charge in [0.05, 0.1) is 12.6 Å². The molecule has 2 aromatic carbocycles. The summed E-state index contributed by atoms with van der Waals surface area (Å²) in [5.41, 5.74) is 2.77. The predicted molar refractivity (Wildman–Crippen MR) is 123 cm³/mol. The fourth-order valence-electron chi connectivity index (χ4n) is 4.49. The molecule has 0 saturated carbocycles. The zero-order valence-electron chi connectivity index (χ0n) is 18.4. The highest BCUT2D eigenvalue weighted by Gasteiger charge is 2.53. The molecule has 0 amide bonds. The lowest BCUT2D eigenvalue weighted by molar-refractivity contribution is -0.129. The van der Waals surface area contributed by atoms with E-state index in [-0.39, 0.29) is 25.4 Å². The molecule has 33 heavy (non-hydrogen) atoms. The Morgan fingerprint density at radius 2 is 1.76 bits per heavy atom. The molecule has 2 aliphatic heterocycles. The van der Waals surface area contributed by atoms with E-state index < -0.39 is 5.60 Å². The average molecular weight is 450 g/mol. The lowest BCUT2D eigenvalue weighted by atomic mass is 9.79. The molecule has 7 heteroatoms. The van der Waals surface area contributed by atoms with Gasteiger partial charge < -0.3 is 24.3 Å². The van der Waals surface area contributed by atoms with Gasteiger partial charge in [0.25, 0.3) is 12.9 Å². The van der Waals surface area contributed by atoms with Crippen LogP contribution >= 0.6 is 0 Å². The molecular weight excluding hydrogens is 422 g/mol. The van der Waals surface area contributed by atoms with Gasteiger partial charge in [0, 0.05) is 16.8 Å². The first-order valence-electron chi connectivity index (χ1n) is 10.9. The molecule has 172 valence electrons. The third kappa shape index (κ3) is 4.78. The van der Waals surface area contributed by atoms with Crippen LogP contribution in [0, 0.1) is 0 Å². The maximum absolute atomic E-state index is 11.0. The highest BCUT2D eigenvalue weighted by molar-refractivity contribution is 5.54. The Hall–Kier alpha value is -3.58. The van der Waals surface area contributed by atoms with Crippen LogP contribution in [0.25, 0.3) is 0 Å². The van der Waals surface area contributed by atoms with E-state index in [1.165, 1.54) is 0 Å². The van der Waals surface area contributed by atoms with Gasteiger partial charge in [-0.3, -0.25) is 9.59 Å². The van der Waals surface area contributed by atoms with Crippen molar-refractivity contribution in [2.75, 3.05) is 25.1 Å². The lowest BCUT2D eigenvalue weighted by Gasteiger charge is -2.37. The molecule has 0 spiro atoms. The van der Waals surface area contributed by atoms with Crippen LogP contribution < -0.4 is 10.1 Å². The molecule has 2 aromatic rings. The molecule has 0 fully saturated rings. The normalized spacial score (nSPS) is 21.5. The van der Waals surface area contributed by atoms with Gasteiger partial charge in [-0.2, -0.15) is 0 Å². The Morgan fingerprint density at radius 3 is 2.45 bits per heavy atom. The third-order valence-corrected chi connectivity index (χ3v) is 5.95. The number of ether oxygens (including phenoxy) is 4. The molecule has 0 aromatic heterocycles. The van der Waals surface area contributed by atoms with Crippen LogP contribution in [0.2, 0.25) is 0 Å². The summed E-state index contributed by atoms with van der Waals surface area (Å²) in [7, 11) is 0. The molecule has 4 rings (SSSR count). The molecule has 2 aliphatic rings. The number of hydrogen-bond acceptors (Lipinski definition) is 7. The standard InChI is InChI=1S/C26H27NO6/c1-2-32-21-10-8-19(9-11-21)14-25(27-20-6-4-3-5-7-20)26-13-12-24(33-26)22(15-30-17-28)23(26)16-31-18-29/h3-13,17-18,24-25,27H,2,14-16H2,1H3. The minimum atomic E-state index is -0.857. The van der Waals surface area contributed by atoms with Gasteiger partial charge in [-0.05, 0) is 49.2 Å². The largest absolute Gasteiger partial charge is 0.494 e. The molecule has 1 N–H and O–H groups in total. The number of anilines is 1. The van der Waals surface area contributed by atoms with E-state index in [2.05, 4.69) is 5.32 Å². The molecular formula is C26H27NO6. The highest BCUT2D eigenvalue weighted by Crippen LogP contribution is 2.47. The van der Waals surface area contributed by atoms with E-state index in [0.29, 0.717) is 26.0 Å². The second-order valence-electron chi connectivity index (χ2n) is 7.85. The number of benzene rings is 2. The van der Waals surface area contributed by atoms with Crippen molar-refractivity contribution in [1.29, 1.82) is 0 Å². The maximum Gasteiger partial charge on any atom is 0.293 e. The summed E-state index contributed by atoms with van der Waals surface area (Å²) < 4.78 is 22.3. The van der Waals surface area contributed by atoms with Gasteiger partial charge >= 0.3 is 0 Å². The quantitative estimate of drug-likeness (QED) is 0.370. The number of para-hydroxylation sites is 1. The Kier molecular flexibility index (Phi) is 7.10. The minimum Gasteiger partial charge on any atom is -0.494 e. The summed E-state index contributed by atoms with van der Waals surface area (Å²) >= 11 is 0. The molecule has 3 atom stereocenters. The van der Waals surface area contributed by atoms with Crippen LogP contribution in [-0.2, 0) is 30.2 Å². The number of nitrogens with one attached hydrogen (secondary N) is 1. The summed E-state index contributed by atoms with van der Waals surface area (Å²) in [6.45, 7) is 3.52. The van der Waals surface area contributed by atoms with Crippen LogP contribution in [0.15, 0.2) is 77.9 Å². The molecule has 7 nitrogen and oxygen atoms in total. The topological polar surface area (TPSA) is 83.1 Å². The van der Waals surface area contributed by atoms with Gasteiger partial charge in [-0.1, -0.05) is 36.4 Å². The summed E-state index contributed by atoms with van der Waals surface area (Å²) in [6.07, 6.45) is 4.27. The van der Waals surface area contributed by atoms with Crippen LogP contribution in [0.5, 0.6) is 5.75 Å². The fourth-order valence-corrected chi connectivity index (χ4v) is 4.49. The predicted octanol–water partition coefficient (Wildman–Crippen LogP) is 3.46. The van der Waals surface area contributed by atoms with E-state index in [4.69, 9.17) is 18.9 Å². The van der Waals surface area contributed by atoms with E-state index >= 15 is 0 Å². The van der Waals surface area contributed by atoms with Gasteiger partial charge in [-0.25, -0.2) is 0 Å². The monoisotopic (exact) mass is 449 g/mol. The van der Waals surface area contributed by atoms with Gasteiger partial charge in [0.2, 0.25) is 0 Å². The van der Waals surface area contributed by atoms with Crippen molar-refractivity contribution in [1.82, 2.24) is 0 Å². The summed E-state index contributed by atoms with van der Waals surface area (Å²) in [5.74, 6) is 0.818. The number of carbonyl (C=O) groups is 2. The Morgan fingerprint density at radius 1 is 1.03 bits per heavy atom. The van der Waals surface area contributed by atoms with Gasteiger partial charge in [0.15, 0.2) is 0 Å². The Labute approximate surface area is 193 Å². The van der Waals surface area contributed by atoms with Crippen LogP contribution in [-0.4, -0.2) is 50.5 Å². The number of carbonyl (C=O) groups excluding carboxylic acids is 2. The van der Waals surface area contributed by atoms with E-state index in [1.54, 1.807) is 0 Å². The summed E-state index contributed by atoms with van der Waals surface area (Å²) in [4.78, 5) is 21.9. The number of hydrogen-bond donors (Lipinski definition) is 1.